The van der Waals surface area contributed by atoms with E-state index < -0.39 is 31.3 Å². The molecule has 3 aromatic carbocycles. The second-order valence-corrected chi connectivity index (χ2v) is 14.3. The first kappa shape index (κ1) is 29.6. The molecule has 2 aromatic heterocycles. The molecule has 216 valence electrons. The van der Waals surface area contributed by atoms with E-state index in [1.165, 1.54) is 36.5 Å². The Balaban J connectivity index is 1.71. The van der Waals surface area contributed by atoms with Gasteiger partial charge in [0.2, 0.25) is 0 Å². The summed E-state index contributed by atoms with van der Waals surface area (Å²) in [7, 11) is -7.93. The Labute approximate surface area is 251 Å². The lowest BCUT2D eigenvalue weighted by Crippen LogP contribution is -2.33. The fourth-order valence-electron chi connectivity index (χ4n) is 4.75. The van der Waals surface area contributed by atoms with Crippen molar-refractivity contribution in [2.24, 2.45) is 0 Å². The average Bonchev–Trinajstić information content (AvgIpc) is 3.22. The van der Waals surface area contributed by atoms with Gasteiger partial charge >= 0.3 is 0 Å². The van der Waals surface area contributed by atoms with Crippen molar-refractivity contribution in [1.82, 2.24) is 14.3 Å². The number of pyridine rings is 1. The van der Waals surface area contributed by atoms with Crippen molar-refractivity contribution >= 4 is 59.9 Å². The van der Waals surface area contributed by atoms with Crippen LogP contribution in [0.15, 0.2) is 94.7 Å². The molecule has 0 unspecified atom stereocenters. The first-order valence-corrected chi connectivity index (χ1v) is 16.7. The van der Waals surface area contributed by atoms with E-state index >= 15 is 0 Å². The summed E-state index contributed by atoms with van der Waals surface area (Å²) in [5.41, 5.74) is 1.09. The van der Waals surface area contributed by atoms with Crippen LogP contribution in [0.1, 0.15) is 21.6 Å². The highest BCUT2D eigenvalue weighted by Gasteiger charge is 2.29. The smallest absolute Gasteiger partial charge is 0.282 e. The number of carbonyl (C=O) groups excluding carboxylic acids is 1. The van der Waals surface area contributed by atoms with E-state index in [2.05, 4.69) is 9.71 Å². The predicted octanol–water partition coefficient (Wildman–Crippen LogP) is 5.02. The molecule has 0 spiro atoms. The molecule has 2 N–H and O–H groups in total. The molecule has 42 heavy (non-hydrogen) atoms. The highest BCUT2D eigenvalue weighted by molar-refractivity contribution is 7.90. The average molecular weight is 645 g/mol. The number of aromatic amines is 1. The molecule has 0 radical (unpaired) electrons. The maximum absolute atomic E-state index is 14.0. The second-order valence-electron chi connectivity index (χ2n) is 9.63. The minimum Gasteiger partial charge on any atom is -0.331 e. The fraction of sp³-hybridized carbons (Fsp3) is 0.103. The Hall–Kier alpha value is -3.90. The van der Waals surface area contributed by atoms with Crippen LogP contribution in [0, 0.1) is 0 Å². The number of rotatable bonds is 8. The molecule has 1 amide bonds. The van der Waals surface area contributed by atoms with Crippen LogP contribution in [0.5, 0.6) is 0 Å². The number of hydrogen-bond donors (Lipinski definition) is 2. The third kappa shape index (κ3) is 6.14. The monoisotopic (exact) mass is 643 g/mol. The Morgan fingerprint density at radius 3 is 2.40 bits per heavy atom. The fourth-order valence-corrected chi connectivity index (χ4v) is 6.93. The molecule has 0 saturated heterocycles. The van der Waals surface area contributed by atoms with E-state index in [0.717, 1.165) is 6.26 Å². The molecular formula is C29H23Cl2N3O6S2. The number of nitrogens with zero attached hydrogens (tertiary/aromatic N) is 1. The topological polar surface area (TPSA) is 135 Å². The van der Waals surface area contributed by atoms with Gasteiger partial charge in [-0.15, -0.1) is 0 Å². The molecule has 0 aliphatic carbocycles. The number of aromatic nitrogens is 2. The summed E-state index contributed by atoms with van der Waals surface area (Å²) >= 11 is 12.8. The molecule has 13 heteroatoms. The van der Waals surface area contributed by atoms with E-state index in [9.17, 15) is 26.4 Å². The van der Waals surface area contributed by atoms with Gasteiger partial charge in [0.15, 0.2) is 9.84 Å². The van der Waals surface area contributed by atoms with Crippen LogP contribution in [-0.4, -0.2) is 38.5 Å². The van der Waals surface area contributed by atoms with Crippen molar-refractivity contribution < 1.29 is 21.6 Å². The summed E-state index contributed by atoms with van der Waals surface area (Å²) < 4.78 is 54.1. The van der Waals surface area contributed by atoms with E-state index in [1.807, 2.05) is 0 Å². The standard InChI is InChI=1S/C29H23Cl2N3O6S2/c1-41(37,38)17-18-6-4-8-21(14-18)42(39,40)33-29(36)27-26(22-9-5-13-32-28(22)35)23-15-20(30)11-12-25(23)34(27)16-19-7-2-3-10-24(19)31/h2-15H,16-17H2,1H3,(H,32,35)(H,33,36). The number of fused-ring (bicyclic) bond motifs is 1. The summed E-state index contributed by atoms with van der Waals surface area (Å²) in [6, 6.07) is 20.3. The van der Waals surface area contributed by atoms with Crippen LogP contribution in [0.2, 0.25) is 10.0 Å². The Kier molecular flexibility index (Phi) is 8.04. The normalized spacial score (nSPS) is 12.0. The summed E-state index contributed by atoms with van der Waals surface area (Å²) in [5.74, 6) is -1.39. The van der Waals surface area contributed by atoms with Crippen LogP contribution < -0.4 is 10.3 Å². The molecule has 0 aliphatic rings. The van der Waals surface area contributed by atoms with Gasteiger partial charge in [0.25, 0.3) is 21.5 Å². The molecule has 0 bridgehead atoms. The van der Waals surface area contributed by atoms with Crippen molar-refractivity contribution in [3.05, 3.63) is 122 Å². The van der Waals surface area contributed by atoms with Gasteiger partial charge in [-0.1, -0.05) is 53.5 Å². The van der Waals surface area contributed by atoms with Crippen LogP contribution in [0.25, 0.3) is 22.0 Å². The number of hydrogen-bond acceptors (Lipinski definition) is 6. The van der Waals surface area contributed by atoms with Gasteiger partial charge in [0, 0.05) is 51.1 Å². The largest absolute Gasteiger partial charge is 0.331 e. The van der Waals surface area contributed by atoms with Crippen molar-refractivity contribution in [3.63, 3.8) is 0 Å². The molecule has 0 aliphatic heterocycles. The molecule has 0 fully saturated rings. The van der Waals surface area contributed by atoms with Gasteiger partial charge < -0.3 is 9.55 Å². The van der Waals surface area contributed by atoms with Crippen molar-refractivity contribution in [1.29, 1.82) is 0 Å². The van der Waals surface area contributed by atoms with Crippen LogP contribution in [-0.2, 0) is 32.2 Å². The highest BCUT2D eigenvalue weighted by atomic mass is 35.5. The van der Waals surface area contributed by atoms with Crippen LogP contribution >= 0.6 is 23.2 Å². The molecule has 0 saturated carbocycles. The van der Waals surface area contributed by atoms with Gasteiger partial charge in [-0.3, -0.25) is 9.59 Å². The molecule has 5 rings (SSSR count). The predicted molar refractivity (Wildman–Crippen MR) is 163 cm³/mol. The molecule has 5 aromatic rings. The number of H-pyrrole nitrogens is 1. The lowest BCUT2D eigenvalue weighted by Gasteiger charge is -2.14. The highest BCUT2D eigenvalue weighted by Crippen LogP contribution is 2.36. The number of nitrogens with one attached hydrogen (secondary N) is 2. The summed E-state index contributed by atoms with van der Waals surface area (Å²) in [6.45, 7) is 0.0647. The number of benzene rings is 3. The summed E-state index contributed by atoms with van der Waals surface area (Å²) in [5, 5.41) is 1.21. The molecule has 2 heterocycles. The van der Waals surface area contributed by atoms with E-state index in [-0.39, 0.29) is 39.6 Å². The SMILES string of the molecule is CS(=O)(=O)Cc1cccc(S(=O)(=O)NC(=O)c2c(-c3ccc[nH]c3=O)c3cc(Cl)ccc3n2Cc2ccccc2Cl)c1. The Morgan fingerprint density at radius 1 is 0.929 bits per heavy atom. The molecular weight excluding hydrogens is 621 g/mol. The molecule has 0 atom stereocenters. The first-order valence-electron chi connectivity index (χ1n) is 12.4. The Morgan fingerprint density at radius 2 is 1.69 bits per heavy atom. The third-order valence-electron chi connectivity index (χ3n) is 6.48. The summed E-state index contributed by atoms with van der Waals surface area (Å²) in [4.78, 5) is 29.3. The third-order valence-corrected chi connectivity index (χ3v) is 9.27. The van der Waals surface area contributed by atoms with Gasteiger partial charge in [-0.05, 0) is 59.7 Å². The minimum atomic E-state index is -4.48. The Bertz CT molecular complexity index is 2140. The van der Waals surface area contributed by atoms with Crippen molar-refractivity contribution in [2.75, 3.05) is 6.26 Å². The van der Waals surface area contributed by atoms with E-state index in [1.54, 1.807) is 53.1 Å². The minimum absolute atomic E-state index is 0.0647. The molecule has 9 nitrogen and oxygen atoms in total. The number of sulfone groups is 1. The number of amides is 1. The van der Waals surface area contributed by atoms with Crippen molar-refractivity contribution in [2.45, 2.75) is 17.2 Å². The summed E-state index contributed by atoms with van der Waals surface area (Å²) in [6.07, 6.45) is 2.47. The second kappa shape index (κ2) is 11.4. The maximum Gasteiger partial charge on any atom is 0.282 e. The van der Waals surface area contributed by atoms with Crippen molar-refractivity contribution in [3.8, 4) is 11.1 Å². The quantitative estimate of drug-likeness (QED) is 0.244. The van der Waals surface area contributed by atoms with Gasteiger partial charge in [0.1, 0.15) is 5.69 Å². The zero-order valence-electron chi connectivity index (χ0n) is 22.0. The lowest BCUT2D eigenvalue weighted by molar-refractivity contribution is 0.0974. The zero-order chi connectivity index (χ0) is 30.2. The van der Waals surface area contributed by atoms with Gasteiger partial charge in [0.05, 0.1) is 10.6 Å². The lowest BCUT2D eigenvalue weighted by atomic mass is 10.0. The maximum atomic E-state index is 14.0. The first-order chi connectivity index (χ1) is 19.8. The van der Waals surface area contributed by atoms with Gasteiger partial charge in [-0.25, -0.2) is 21.6 Å². The number of halogens is 2. The zero-order valence-corrected chi connectivity index (χ0v) is 25.1. The van der Waals surface area contributed by atoms with Crippen LogP contribution in [0.4, 0.5) is 0 Å². The van der Waals surface area contributed by atoms with Gasteiger partial charge in [-0.2, -0.15) is 0 Å². The number of sulfonamides is 1. The van der Waals surface area contributed by atoms with Crippen LogP contribution in [0.3, 0.4) is 0 Å². The number of carbonyl (C=O) groups is 1. The van der Waals surface area contributed by atoms with E-state index in [0.29, 0.717) is 26.5 Å². The van der Waals surface area contributed by atoms with E-state index in [4.69, 9.17) is 23.2 Å².